The van der Waals surface area contributed by atoms with E-state index in [0.717, 1.165) is 0 Å². The maximum absolute atomic E-state index is 11.5. The first-order valence-corrected chi connectivity index (χ1v) is 5.14. The highest BCUT2D eigenvalue weighted by Crippen LogP contribution is 2.20. The molecule has 1 aliphatic rings. The number of carbonyl (C=O) groups excluding carboxylic acids is 1. The summed E-state index contributed by atoms with van der Waals surface area (Å²) < 4.78 is 0. The van der Waals surface area contributed by atoms with Crippen molar-refractivity contribution in [1.82, 2.24) is 9.97 Å². The molecule has 1 saturated heterocycles. The number of aryl methyl sites for hydroxylation is 1. The molecule has 80 valence electrons. The maximum Gasteiger partial charge on any atom is 0.252 e. The zero-order valence-corrected chi connectivity index (χ0v) is 9.12. The average molecular weight is 225 g/mol. The van der Waals surface area contributed by atoms with Crippen molar-refractivity contribution in [3.05, 3.63) is 22.2 Å². The normalized spacial score (nSPS) is 21.1. The lowest BCUT2D eigenvalue weighted by Gasteiger charge is -2.14. The van der Waals surface area contributed by atoms with E-state index in [1.807, 2.05) is 0 Å². The molecule has 6 heteroatoms. The highest BCUT2D eigenvalue weighted by atomic mass is 32.1. The van der Waals surface area contributed by atoms with Crippen molar-refractivity contribution in [1.29, 1.82) is 0 Å². The van der Waals surface area contributed by atoms with Crippen LogP contribution in [0.1, 0.15) is 12.2 Å². The van der Waals surface area contributed by atoms with Gasteiger partial charge in [-0.1, -0.05) is 0 Å². The van der Waals surface area contributed by atoms with Crippen LogP contribution in [0.4, 0.5) is 5.82 Å². The molecule has 1 amide bonds. The predicted octanol–water partition coefficient (Wildman–Crippen LogP) is 0.113. The number of nitrogens with one attached hydrogen (secondary N) is 1. The van der Waals surface area contributed by atoms with Gasteiger partial charge >= 0.3 is 0 Å². The molecule has 0 aromatic carbocycles. The van der Waals surface area contributed by atoms with Crippen LogP contribution < -0.4 is 10.5 Å². The highest BCUT2D eigenvalue weighted by Gasteiger charge is 2.29. The van der Waals surface area contributed by atoms with Gasteiger partial charge in [0.15, 0.2) is 0 Å². The molecule has 1 fully saturated rings. The third kappa shape index (κ3) is 2.04. The van der Waals surface area contributed by atoms with Gasteiger partial charge in [0.05, 0.1) is 0 Å². The summed E-state index contributed by atoms with van der Waals surface area (Å²) in [7, 11) is 0. The molecule has 1 aliphatic heterocycles. The Bertz CT molecular complexity index is 457. The fourth-order valence-electron chi connectivity index (χ4n) is 1.61. The van der Waals surface area contributed by atoms with Crippen LogP contribution in [-0.2, 0) is 4.79 Å². The van der Waals surface area contributed by atoms with Crippen molar-refractivity contribution in [2.45, 2.75) is 18.6 Å². The molecular weight excluding hydrogens is 214 g/mol. The second-order valence-electron chi connectivity index (χ2n) is 3.55. The van der Waals surface area contributed by atoms with Gasteiger partial charge in [-0.2, -0.15) is 12.6 Å². The van der Waals surface area contributed by atoms with Crippen LogP contribution in [0.2, 0.25) is 0 Å². The van der Waals surface area contributed by atoms with Crippen molar-refractivity contribution < 1.29 is 4.79 Å². The number of rotatable bonds is 1. The van der Waals surface area contributed by atoms with Gasteiger partial charge in [0.25, 0.3) is 5.56 Å². The average Bonchev–Trinajstić information content (AvgIpc) is 2.43. The van der Waals surface area contributed by atoms with Crippen molar-refractivity contribution >= 4 is 24.4 Å². The zero-order valence-electron chi connectivity index (χ0n) is 8.23. The number of nitrogens with zero attached hydrogens (tertiary/aromatic N) is 2. The first kappa shape index (κ1) is 10.2. The standard InChI is InChI=1S/C9H11N3O2S/c1-5-10-7(3-8(13)11-5)12-4-6(15)2-9(12)14/h3,6,15H,2,4H2,1H3,(H,10,11,13). The molecule has 1 unspecified atom stereocenters. The Labute approximate surface area is 91.9 Å². The van der Waals surface area contributed by atoms with Gasteiger partial charge in [-0.3, -0.25) is 14.5 Å². The number of anilines is 1. The van der Waals surface area contributed by atoms with Crippen LogP contribution in [0.15, 0.2) is 10.9 Å². The smallest absolute Gasteiger partial charge is 0.252 e. The van der Waals surface area contributed by atoms with E-state index in [4.69, 9.17) is 0 Å². The third-order valence-electron chi connectivity index (χ3n) is 2.23. The summed E-state index contributed by atoms with van der Waals surface area (Å²) >= 11 is 4.24. The minimum Gasteiger partial charge on any atom is -0.311 e. The molecule has 15 heavy (non-hydrogen) atoms. The van der Waals surface area contributed by atoms with E-state index in [-0.39, 0.29) is 16.7 Å². The number of aromatic amines is 1. The van der Waals surface area contributed by atoms with Crippen molar-refractivity contribution in [3.63, 3.8) is 0 Å². The maximum atomic E-state index is 11.5. The molecule has 2 rings (SSSR count). The van der Waals surface area contributed by atoms with Gasteiger partial charge in [0, 0.05) is 24.3 Å². The number of hydrogen-bond acceptors (Lipinski definition) is 4. The lowest BCUT2D eigenvalue weighted by Crippen LogP contribution is -2.27. The Hall–Kier alpha value is -1.30. The van der Waals surface area contributed by atoms with Gasteiger partial charge in [-0.15, -0.1) is 0 Å². The molecule has 2 heterocycles. The fourth-order valence-corrected chi connectivity index (χ4v) is 1.93. The van der Waals surface area contributed by atoms with Crippen LogP contribution >= 0.6 is 12.6 Å². The Kier molecular flexibility index (Phi) is 2.52. The largest absolute Gasteiger partial charge is 0.311 e. The summed E-state index contributed by atoms with van der Waals surface area (Å²) in [5.74, 6) is 0.887. The van der Waals surface area contributed by atoms with Gasteiger partial charge in [-0.05, 0) is 6.92 Å². The highest BCUT2D eigenvalue weighted by molar-refractivity contribution is 7.81. The molecule has 0 radical (unpaired) electrons. The number of thiol groups is 1. The molecule has 0 aliphatic carbocycles. The first-order valence-electron chi connectivity index (χ1n) is 4.62. The van der Waals surface area contributed by atoms with Crippen molar-refractivity contribution in [2.24, 2.45) is 0 Å². The van der Waals surface area contributed by atoms with E-state index in [0.29, 0.717) is 24.6 Å². The van der Waals surface area contributed by atoms with Crippen LogP contribution in [0, 0.1) is 6.92 Å². The van der Waals surface area contributed by atoms with Gasteiger partial charge in [0.2, 0.25) is 5.91 Å². The topological polar surface area (TPSA) is 66.1 Å². The number of hydrogen-bond donors (Lipinski definition) is 2. The fraction of sp³-hybridized carbons (Fsp3) is 0.444. The number of amides is 1. The molecule has 5 nitrogen and oxygen atoms in total. The minimum absolute atomic E-state index is 0.0268. The lowest BCUT2D eigenvalue weighted by molar-refractivity contribution is -0.117. The van der Waals surface area contributed by atoms with E-state index < -0.39 is 0 Å². The Morgan fingerprint density at radius 1 is 1.60 bits per heavy atom. The molecule has 0 saturated carbocycles. The van der Waals surface area contributed by atoms with Crippen LogP contribution in [0.25, 0.3) is 0 Å². The van der Waals surface area contributed by atoms with Gasteiger partial charge in [-0.25, -0.2) is 4.98 Å². The van der Waals surface area contributed by atoms with Crippen molar-refractivity contribution in [3.8, 4) is 0 Å². The minimum atomic E-state index is -0.243. The second kappa shape index (κ2) is 3.69. The molecule has 1 atom stereocenters. The predicted molar refractivity (Wildman–Crippen MR) is 59.3 cm³/mol. The Balaban J connectivity index is 2.37. The summed E-state index contributed by atoms with van der Waals surface area (Å²) in [6, 6.07) is 1.33. The summed E-state index contributed by atoms with van der Waals surface area (Å²) in [5, 5.41) is 0.0268. The van der Waals surface area contributed by atoms with Gasteiger partial charge < -0.3 is 4.98 Å². The van der Waals surface area contributed by atoms with E-state index >= 15 is 0 Å². The van der Waals surface area contributed by atoms with Crippen LogP contribution in [-0.4, -0.2) is 27.7 Å². The van der Waals surface area contributed by atoms with Crippen LogP contribution in [0.3, 0.4) is 0 Å². The summed E-state index contributed by atoms with van der Waals surface area (Å²) in [5.41, 5.74) is -0.243. The third-order valence-corrected chi connectivity index (χ3v) is 2.57. The molecule has 0 spiro atoms. The summed E-state index contributed by atoms with van der Waals surface area (Å²) in [4.78, 5) is 30.9. The zero-order chi connectivity index (χ0) is 11.0. The van der Waals surface area contributed by atoms with E-state index in [1.165, 1.54) is 11.0 Å². The van der Waals surface area contributed by atoms with E-state index in [2.05, 4.69) is 22.6 Å². The van der Waals surface area contributed by atoms with Crippen molar-refractivity contribution in [2.75, 3.05) is 11.4 Å². The lowest BCUT2D eigenvalue weighted by atomic mass is 10.4. The van der Waals surface area contributed by atoms with Crippen LogP contribution in [0.5, 0.6) is 0 Å². The van der Waals surface area contributed by atoms with Gasteiger partial charge in [0.1, 0.15) is 11.6 Å². The Morgan fingerprint density at radius 3 is 2.87 bits per heavy atom. The second-order valence-corrected chi connectivity index (χ2v) is 4.28. The van der Waals surface area contributed by atoms with E-state index in [9.17, 15) is 9.59 Å². The number of H-pyrrole nitrogens is 1. The Morgan fingerprint density at radius 2 is 2.33 bits per heavy atom. The molecule has 1 N–H and O–H groups in total. The molecule has 0 bridgehead atoms. The number of carbonyl (C=O) groups is 1. The summed E-state index contributed by atoms with van der Waals surface area (Å²) in [6.07, 6.45) is 0.399. The SMILES string of the molecule is Cc1nc(N2CC(S)CC2=O)cc(=O)[nH]1. The molecule has 1 aromatic rings. The summed E-state index contributed by atoms with van der Waals surface area (Å²) in [6.45, 7) is 2.20. The monoisotopic (exact) mass is 225 g/mol. The first-order chi connectivity index (χ1) is 7.06. The quantitative estimate of drug-likeness (QED) is 0.667. The molecular formula is C9H11N3O2S. The molecule has 1 aromatic heterocycles. The number of aromatic nitrogens is 2. The van der Waals surface area contributed by atoms with E-state index in [1.54, 1.807) is 6.92 Å².